The Kier molecular flexibility index (Phi) is 5.03. The standard InChI is InChI=1S/C25H27FN4O4/c1-13-7-16(5-6-17(13)26)30-18-8-14-11-27-29-22(14)28-20(18)19(21(30)24(2,3)12-34-4)15-9-25(33,10-15)23(31)32/h5-8,11,15,33H,9-10,12H2,1-4H3,(H,31,32)(H,27,28,29). The van der Waals surface area contributed by atoms with Gasteiger partial charge in [-0.05, 0) is 55.5 Å². The average molecular weight is 467 g/mol. The minimum atomic E-state index is -1.76. The van der Waals surface area contributed by atoms with E-state index in [1.54, 1.807) is 32.4 Å². The number of hydrogen-bond donors (Lipinski definition) is 3. The second-order valence-electron chi connectivity index (χ2n) is 9.95. The van der Waals surface area contributed by atoms with E-state index in [0.717, 1.165) is 27.8 Å². The van der Waals surface area contributed by atoms with E-state index in [1.165, 1.54) is 6.07 Å². The van der Waals surface area contributed by atoms with Crippen molar-refractivity contribution in [2.24, 2.45) is 0 Å². The summed E-state index contributed by atoms with van der Waals surface area (Å²) < 4.78 is 21.8. The summed E-state index contributed by atoms with van der Waals surface area (Å²) in [6.07, 6.45) is 1.87. The first-order valence-corrected chi connectivity index (χ1v) is 11.2. The number of nitrogens with zero attached hydrogens (tertiary/aromatic N) is 3. The maximum absolute atomic E-state index is 14.2. The van der Waals surface area contributed by atoms with Crippen LogP contribution in [0.2, 0.25) is 0 Å². The van der Waals surface area contributed by atoms with Crippen LogP contribution in [-0.2, 0) is 14.9 Å². The SMILES string of the molecule is COCC(C)(C)c1c(C2CC(O)(C(=O)O)C2)c2nc3[nH]ncc3cc2n1-c1ccc(F)c(C)c1. The number of carbonyl (C=O) groups is 1. The number of carboxylic acids is 1. The van der Waals surface area contributed by atoms with Crippen molar-refractivity contribution in [1.82, 2.24) is 19.7 Å². The highest BCUT2D eigenvalue weighted by atomic mass is 19.1. The second kappa shape index (κ2) is 7.61. The van der Waals surface area contributed by atoms with Crippen molar-refractivity contribution < 1.29 is 24.1 Å². The molecule has 9 heteroatoms. The molecule has 0 radical (unpaired) electrons. The molecular weight excluding hydrogens is 439 g/mol. The number of ether oxygens (including phenoxy) is 1. The first-order valence-electron chi connectivity index (χ1n) is 11.2. The number of halogens is 1. The molecule has 0 spiro atoms. The molecule has 3 N–H and O–H groups in total. The summed E-state index contributed by atoms with van der Waals surface area (Å²) in [5, 5.41) is 27.8. The number of rotatable bonds is 6. The van der Waals surface area contributed by atoms with E-state index in [9.17, 15) is 19.4 Å². The van der Waals surface area contributed by atoms with Gasteiger partial charge in [0.05, 0.1) is 23.8 Å². The predicted molar refractivity (Wildman–Crippen MR) is 125 cm³/mol. The van der Waals surface area contributed by atoms with Gasteiger partial charge >= 0.3 is 5.97 Å². The molecule has 0 bridgehead atoms. The lowest BCUT2D eigenvalue weighted by Crippen LogP contribution is -2.49. The molecule has 8 nitrogen and oxygen atoms in total. The van der Waals surface area contributed by atoms with Crippen LogP contribution in [0.15, 0.2) is 30.5 Å². The van der Waals surface area contributed by atoms with Gasteiger partial charge in [-0.2, -0.15) is 5.10 Å². The Labute approximate surface area is 195 Å². The van der Waals surface area contributed by atoms with E-state index >= 15 is 0 Å². The van der Waals surface area contributed by atoms with Crippen molar-refractivity contribution in [3.05, 3.63) is 53.1 Å². The van der Waals surface area contributed by atoms with Gasteiger partial charge in [-0.15, -0.1) is 0 Å². The molecule has 1 aromatic carbocycles. The molecule has 0 aliphatic heterocycles. The molecule has 0 unspecified atom stereocenters. The predicted octanol–water partition coefficient (Wildman–Crippen LogP) is 3.97. The highest BCUT2D eigenvalue weighted by Crippen LogP contribution is 2.51. The summed E-state index contributed by atoms with van der Waals surface area (Å²) in [5.74, 6) is -1.73. The van der Waals surface area contributed by atoms with Crippen LogP contribution >= 0.6 is 0 Å². The number of pyridine rings is 1. The van der Waals surface area contributed by atoms with Crippen LogP contribution in [0.5, 0.6) is 0 Å². The van der Waals surface area contributed by atoms with Gasteiger partial charge in [0.25, 0.3) is 0 Å². The van der Waals surface area contributed by atoms with E-state index in [-0.39, 0.29) is 24.6 Å². The summed E-state index contributed by atoms with van der Waals surface area (Å²) in [4.78, 5) is 16.5. The third-order valence-corrected chi connectivity index (χ3v) is 6.90. The fourth-order valence-electron chi connectivity index (χ4n) is 5.24. The molecule has 1 fully saturated rings. The van der Waals surface area contributed by atoms with Gasteiger partial charge in [-0.1, -0.05) is 13.8 Å². The summed E-state index contributed by atoms with van der Waals surface area (Å²) in [5.41, 5.74) is 2.93. The number of aliphatic carboxylic acids is 1. The monoisotopic (exact) mass is 466 g/mol. The fourth-order valence-corrected chi connectivity index (χ4v) is 5.24. The van der Waals surface area contributed by atoms with Crippen molar-refractivity contribution in [3.8, 4) is 5.69 Å². The molecule has 0 atom stereocenters. The van der Waals surface area contributed by atoms with Crippen LogP contribution < -0.4 is 0 Å². The number of aromatic nitrogens is 4. The maximum atomic E-state index is 14.2. The normalized spacial score (nSPS) is 20.7. The van der Waals surface area contributed by atoms with E-state index in [2.05, 4.69) is 28.6 Å². The Morgan fingerprint density at radius 3 is 2.74 bits per heavy atom. The Bertz CT molecular complexity index is 1430. The highest BCUT2D eigenvalue weighted by molar-refractivity contribution is 5.94. The molecule has 178 valence electrons. The number of H-pyrrole nitrogens is 1. The first-order chi connectivity index (χ1) is 16.1. The molecule has 3 aromatic heterocycles. The van der Waals surface area contributed by atoms with Gasteiger partial charge < -0.3 is 19.5 Å². The molecule has 0 amide bonds. The molecule has 1 aliphatic rings. The molecule has 34 heavy (non-hydrogen) atoms. The van der Waals surface area contributed by atoms with Crippen LogP contribution in [0.4, 0.5) is 4.39 Å². The number of fused-ring (bicyclic) bond motifs is 2. The summed E-state index contributed by atoms with van der Waals surface area (Å²) in [6.45, 7) is 6.22. The zero-order chi connectivity index (χ0) is 24.4. The number of hydrogen-bond acceptors (Lipinski definition) is 5. The van der Waals surface area contributed by atoms with Crippen molar-refractivity contribution in [2.45, 2.75) is 50.5 Å². The van der Waals surface area contributed by atoms with Crippen molar-refractivity contribution in [2.75, 3.05) is 13.7 Å². The number of aromatic amines is 1. The average Bonchev–Trinajstić information content (AvgIpc) is 3.33. The van der Waals surface area contributed by atoms with Gasteiger partial charge in [-0.25, -0.2) is 14.2 Å². The van der Waals surface area contributed by atoms with Gasteiger partial charge in [0.15, 0.2) is 11.2 Å². The number of carboxylic acid groups (broad SMARTS) is 1. The van der Waals surface area contributed by atoms with Crippen LogP contribution in [0, 0.1) is 12.7 Å². The van der Waals surface area contributed by atoms with E-state index in [4.69, 9.17) is 9.72 Å². The zero-order valence-electron chi connectivity index (χ0n) is 19.5. The fraction of sp³-hybridized carbons (Fsp3) is 0.400. The quantitative estimate of drug-likeness (QED) is 0.396. The number of aryl methyl sites for hydroxylation is 1. The van der Waals surface area contributed by atoms with Crippen molar-refractivity contribution >= 4 is 28.0 Å². The molecule has 1 saturated carbocycles. The first kappa shape index (κ1) is 22.5. The van der Waals surface area contributed by atoms with Gasteiger partial charge in [0.1, 0.15) is 5.82 Å². The van der Waals surface area contributed by atoms with Gasteiger partial charge in [-0.3, -0.25) is 5.10 Å². The van der Waals surface area contributed by atoms with Crippen LogP contribution in [0.25, 0.3) is 27.8 Å². The number of aliphatic hydroxyl groups is 1. The highest BCUT2D eigenvalue weighted by Gasteiger charge is 2.52. The maximum Gasteiger partial charge on any atom is 0.335 e. The minimum absolute atomic E-state index is 0.0860. The van der Waals surface area contributed by atoms with Crippen LogP contribution in [-0.4, -0.2) is 55.2 Å². The van der Waals surface area contributed by atoms with E-state index < -0.39 is 17.0 Å². The second-order valence-corrected chi connectivity index (χ2v) is 9.95. The van der Waals surface area contributed by atoms with Crippen molar-refractivity contribution in [1.29, 1.82) is 0 Å². The summed E-state index contributed by atoms with van der Waals surface area (Å²) in [6, 6.07) is 6.95. The Hall–Kier alpha value is -3.30. The van der Waals surface area contributed by atoms with Crippen LogP contribution in [0.3, 0.4) is 0 Å². The molecular formula is C25H27FN4O4. The lowest BCUT2D eigenvalue weighted by Gasteiger charge is -2.41. The third kappa shape index (κ3) is 3.30. The van der Waals surface area contributed by atoms with Gasteiger partial charge in [0, 0.05) is 34.9 Å². The van der Waals surface area contributed by atoms with Crippen molar-refractivity contribution in [3.63, 3.8) is 0 Å². The molecule has 4 aromatic rings. The summed E-state index contributed by atoms with van der Waals surface area (Å²) >= 11 is 0. The lowest BCUT2D eigenvalue weighted by atomic mass is 9.66. The van der Waals surface area contributed by atoms with E-state index in [0.29, 0.717) is 23.3 Å². The molecule has 5 rings (SSSR count). The number of benzene rings is 1. The molecule has 0 saturated heterocycles. The zero-order valence-corrected chi connectivity index (χ0v) is 19.5. The smallest absolute Gasteiger partial charge is 0.335 e. The van der Waals surface area contributed by atoms with Crippen LogP contribution in [0.1, 0.15) is 49.4 Å². The molecule has 3 heterocycles. The Morgan fingerprint density at radius 1 is 1.35 bits per heavy atom. The largest absolute Gasteiger partial charge is 0.479 e. The number of nitrogens with one attached hydrogen (secondary N) is 1. The Morgan fingerprint density at radius 2 is 2.09 bits per heavy atom. The Balaban J connectivity index is 1.86. The summed E-state index contributed by atoms with van der Waals surface area (Å²) in [7, 11) is 1.64. The van der Waals surface area contributed by atoms with E-state index in [1.807, 2.05) is 6.07 Å². The number of methoxy groups -OCH3 is 1. The minimum Gasteiger partial charge on any atom is -0.479 e. The molecule has 1 aliphatic carbocycles. The topological polar surface area (TPSA) is 113 Å². The van der Waals surface area contributed by atoms with Gasteiger partial charge in [0.2, 0.25) is 0 Å². The third-order valence-electron chi connectivity index (χ3n) is 6.90. The lowest BCUT2D eigenvalue weighted by molar-refractivity contribution is -0.169.